The summed E-state index contributed by atoms with van der Waals surface area (Å²) in [4.78, 5) is 4.05. The van der Waals surface area contributed by atoms with Gasteiger partial charge in [-0.3, -0.25) is 0 Å². The molecule has 0 saturated heterocycles. The monoisotopic (exact) mass is 286 g/mol. The lowest BCUT2D eigenvalue weighted by Crippen LogP contribution is -1.97. The van der Waals surface area contributed by atoms with E-state index in [-0.39, 0.29) is 5.69 Å². The van der Waals surface area contributed by atoms with E-state index in [0.717, 1.165) is 24.2 Å². The van der Waals surface area contributed by atoms with Gasteiger partial charge in [0.25, 0.3) is 0 Å². The van der Waals surface area contributed by atoms with Gasteiger partial charge in [0.1, 0.15) is 11.8 Å². The minimum Gasteiger partial charge on any atom is -0.497 e. The molecule has 0 amide bonds. The van der Waals surface area contributed by atoms with Crippen LogP contribution in [0.2, 0.25) is 5.02 Å². The van der Waals surface area contributed by atoms with Crippen molar-refractivity contribution in [3.63, 3.8) is 0 Å². The lowest BCUT2D eigenvalue weighted by Gasteiger charge is -2.08. The van der Waals surface area contributed by atoms with Gasteiger partial charge in [-0.05, 0) is 54.7 Å². The largest absolute Gasteiger partial charge is 0.497 e. The third-order valence-electron chi connectivity index (χ3n) is 3.24. The molecule has 3 nitrogen and oxygen atoms in total. The minimum atomic E-state index is 0.274. The Kier molecular flexibility index (Phi) is 4.60. The number of hydrogen-bond donors (Lipinski definition) is 0. The zero-order valence-electron chi connectivity index (χ0n) is 11.5. The predicted molar refractivity (Wildman–Crippen MR) is 79.1 cm³/mol. The average Bonchev–Trinajstić information content (AvgIpc) is 2.46. The van der Waals surface area contributed by atoms with Crippen molar-refractivity contribution >= 4 is 11.6 Å². The molecule has 0 aliphatic carbocycles. The van der Waals surface area contributed by atoms with Crippen molar-refractivity contribution in [1.29, 1.82) is 5.26 Å². The highest BCUT2D eigenvalue weighted by Crippen LogP contribution is 2.20. The van der Waals surface area contributed by atoms with E-state index in [1.807, 2.05) is 24.3 Å². The van der Waals surface area contributed by atoms with Gasteiger partial charge in [-0.2, -0.15) is 5.26 Å². The maximum Gasteiger partial charge on any atom is 0.159 e. The fourth-order valence-electron chi connectivity index (χ4n) is 2.05. The Balaban J connectivity index is 2.09. The van der Waals surface area contributed by atoms with Gasteiger partial charge in [0.2, 0.25) is 0 Å². The van der Waals surface area contributed by atoms with Crippen LogP contribution in [0.5, 0.6) is 5.75 Å². The number of halogens is 1. The molecule has 4 heteroatoms. The summed E-state index contributed by atoms with van der Waals surface area (Å²) >= 11 is 5.98. The molecule has 0 spiro atoms. The summed E-state index contributed by atoms with van der Waals surface area (Å²) in [7, 11) is 1.67. The quantitative estimate of drug-likeness (QED) is 0.861. The molecular weight excluding hydrogens is 272 g/mol. The number of pyridine rings is 1. The van der Waals surface area contributed by atoms with Crippen molar-refractivity contribution in [3.8, 4) is 11.8 Å². The van der Waals surface area contributed by atoms with E-state index >= 15 is 0 Å². The van der Waals surface area contributed by atoms with E-state index in [9.17, 15) is 0 Å². The van der Waals surface area contributed by atoms with E-state index < -0.39 is 0 Å². The summed E-state index contributed by atoms with van der Waals surface area (Å²) in [5.74, 6) is 0.870. The summed E-state index contributed by atoms with van der Waals surface area (Å²) in [5.41, 5.74) is 3.78. The van der Waals surface area contributed by atoms with Crippen molar-refractivity contribution < 1.29 is 4.74 Å². The van der Waals surface area contributed by atoms with Crippen molar-refractivity contribution in [2.75, 3.05) is 7.11 Å². The fourth-order valence-corrected chi connectivity index (χ4v) is 2.28. The Labute approximate surface area is 123 Å². The second-order valence-corrected chi connectivity index (χ2v) is 4.99. The van der Waals surface area contributed by atoms with Gasteiger partial charge in [0.05, 0.1) is 12.1 Å². The van der Waals surface area contributed by atoms with E-state index in [0.29, 0.717) is 5.02 Å². The van der Waals surface area contributed by atoms with Gasteiger partial charge in [-0.15, -0.1) is 0 Å². The average molecular weight is 287 g/mol. The van der Waals surface area contributed by atoms with Crippen LogP contribution in [0.1, 0.15) is 22.4 Å². The van der Waals surface area contributed by atoms with Gasteiger partial charge in [0.15, 0.2) is 5.69 Å². The normalized spacial score (nSPS) is 10.1. The summed E-state index contributed by atoms with van der Waals surface area (Å²) in [5, 5.41) is 9.21. The van der Waals surface area contributed by atoms with Crippen LogP contribution in [0.3, 0.4) is 0 Å². The van der Waals surface area contributed by atoms with E-state index in [1.54, 1.807) is 13.3 Å². The van der Waals surface area contributed by atoms with Crippen molar-refractivity contribution in [1.82, 2.24) is 4.98 Å². The number of methoxy groups -OCH3 is 1. The van der Waals surface area contributed by atoms with E-state index in [2.05, 4.69) is 18.0 Å². The molecule has 2 aromatic rings. The topological polar surface area (TPSA) is 45.9 Å². The molecule has 20 heavy (non-hydrogen) atoms. The smallest absolute Gasteiger partial charge is 0.159 e. The minimum absolute atomic E-state index is 0.274. The number of ether oxygens (including phenoxy) is 1. The highest BCUT2D eigenvalue weighted by Gasteiger charge is 2.05. The van der Waals surface area contributed by atoms with Crippen molar-refractivity contribution in [2.45, 2.75) is 19.8 Å². The molecule has 0 unspecified atom stereocenters. The molecule has 0 bridgehead atoms. The standard InChI is InChI=1S/C16H15ClN2O/c1-11-7-14(20-2)6-5-13(11)4-3-12-8-15(17)16(9-18)19-10-12/h5-8,10H,3-4H2,1-2H3. The predicted octanol–water partition coefficient (Wildman–Crippen LogP) is 3.71. The van der Waals surface area contributed by atoms with Gasteiger partial charge >= 0.3 is 0 Å². The zero-order chi connectivity index (χ0) is 14.5. The maximum atomic E-state index is 8.79. The molecule has 0 aliphatic heterocycles. The van der Waals surface area contributed by atoms with Crippen LogP contribution in [-0.4, -0.2) is 12.1 Å². The number of rotatable bonds is 4. The van der Waals surface area contributed by atoms with E-state index in [1.165, 1.54) is 11.1 Å². The number of benzene rings is 1. The molecule has 1 aromatic heterocycles. The number of aromatic nitrogens is 1. The summed E-state index contributed by atoms with van der Waals surface area (Å²) in [6.07, 6.45) is 3.45. The first kappa shape index (κ1) is 14.4. The van der Waals surface area contributed by atoms with Gasteiger partial charge in [-0.25, -0.2) is 4.98 Å². The highest BCUT2D eigenvalue weighted by atomic mass is 35.5. The Bertz CT molecular complexity index is 662. The first-order valence-electron chi connectivity index (χ1n) is 6.32. The van der Waals surface area contributed by atoms with Crippen molar-refractivity contribution in [3.05, 3.63) is 57.9 Å². The molecule has 0 radical (unpaired) electrons. The lowest BCUT2D eigenvalue weighted by atomic mass is 10.0. The molecule has 0 fully saturated rings. The maximum absolute atomic E-state index is 8.79. The number of nitrogens with zero attached hydrogens (tertiary/aromatic N) is 2. The Morgan fingerprint density at radius 3 is 2.70 bits per heavy atom. The third kappa shape index (κ3) is 3.28. The van der Waals surface area contributed by atoms with Crippen LogP contribution in [0.25, 0.3) is 0 Å². The molecule has 2 rings (SSSR count). The Hall–Kier alpha value is -2.05. The van der Waals surface area contributed by atoms with Gasteiger partial charge in [-0.1, -0.05) is 17.7 Å². The van der Waals surface area contributed by atoms with Crippen LogP contribution in [-0.2, 0) is 12.8 Å². The van der Waals surface area contributed by atoms with Gasteiger partial charge < -0.3 is 4.74 Å². The summed E-state index contributed by atoms with van der Waals surface area (Å²) < 4.78 is 5.20. The molecule has 0 N–H and O–H groups in total. The Morgan fingerprint density at radius 1 is 1.30 bits per heavy atom. The SMILES string of the molecule is COc1ccc(CCc2cnc(C#N)c(Cl)c2)c(C)c1. The van der Waals surface area contributed by atoms with Crippen LogP contribution in [0.15, 0.2) is 30.5 Å². The second-order valence-electron chi connectivity index (χ2n) is 4.58. The van der Waals surface area contributed by atoms with Gasteiger partial charge in [0, 0.05) is 6.20 Å². The van der Waals surface area contributed by atoms with Crippen LogP contribution < -0.4 is 4.74 Å². The summed E-state index contributed by atoms with van der Waals surface area (Å²) in [6, 6.07) is 9.84. The summed E-state index contributed by atoms with van der Waals surface area (Å²) in [6.45, 7) is 2.07. The lowest BCUT2D eigenvalue weighted by molar-refractivity contribution is 0.414. The molecule has 0 saturated carbocycles. The van der Waals surface area contributed by atoms with E-state index in [4.69, 9.17) is 21.6 Å². The first-order chi connectivity index (χ1) is 9.63. The molecule has 0 aliphatic rings. The van der Waals surface area contributed by atoms with Crippen LogP contribution in [0.4, 0.5) is 0 Å². The van der Waals surface area contributed by atoms with Crippen molar-refractivity contribution in [2.24, 2.45) is 0 Å². The first-order valence-corrected chi connectivity index (χ1v) is 6.70. The Morgan fingerprint density at radius 2 is 2.10 bits per heavy atom. The molecular formula is C16H15ClN2O. The number of aryl methyl sites for hydroxylation is 3. The van der Waals surface area contributed by atoms with Crippen LogP contribution >= 0.6 is 11.6 Å². The van der Waals surface area contributed by atoms with Crippen LogP contribution in [0, 0.1) is 18.3 Å². The molecule has 1 aromatic carbocycles. The zero-order valence-corrected chi connectivity index (χ0v) is 12.2. The number of hydrogen-bond acceptors (Lipinski definition) is 3. The second kappa shape index (κ2) is 6.40. The fraction of sp³-hybridized carbons (Fsp3) is 0.250. The molecule has 1 heterocycles. The molecule has 102 valence electrons. The number of nitriles is 1. The highest BCUT2D eigenvalue weighted by molar-refractivity contribution is 6.31. The third-order valence-corrected chi connectivity index (χ3v) is 3.52. The molecule has 0 atom stereocenters.